The van der Waals surface area contributed by atoms with Gasteiger partial charge in [0, 0.05) is 23.0 Å². The van der Waals surface area contributed by atoms with E-state index in [0.717, 1.165) is 11.8 Å². The van der Waals surface area contributed by atoms with Gasteiger partial charge in [0.2, 0.25) is 0 Å². The van der Waals surface area contributed by atoms with Gasteiger partial charge in [0.25, 0.3) is 0 Å². The van der Waals surface area contributed by atoms with Crippen LogP contribution in [0.25, 0.3) is 10.9 Å². The van der Waals surface area contributed by atoms with Crippen LogP contribution in [-0.4, -0.2) is 4.98 Å². The molecule has 21 heavy (non-hydrogen) atoms. The number of hydrogen-bond acceptors (Lipinski definition) is 2. The maximum Gasteiger partial charge on any atom is 0.418 e. The molecule has 1 aromatic heterocycles. The minimum Gasteiger partial charge on any atom is -0.355 e. The van der Waals surface area contributed by atoms with Crippen LogP contribution < -0.4 is 5.32 Å². The molecule has 0 aliphatic rings. The van der Waals surface area contributed by atoms with E-state index in [1.165, 1.54) is 12.3 Å². The number of alkyl halides is 3. The van der Waals surface area contributed by atoms with Gasteiger partial charge in [-0.3, -0.25) is 4.98 Å². The van der Waals surface area contributed by atoms with Crippen molar-refractivity contribution in [3.63, 3.8) is 0 Å². The Balaban J connectivity index is 2.13. The number of aromatic nitrogens is 1. The van der Waals surface area contributed by atoms with E-state index >= 15 is 0 Å². The van der Waals surface area contributed by atoms with E-state index in [9.17, 15) is 13.2 Å². The summed E-state index contributed by atoms with van der Waals surface area (Å²) in [5.41, 5.74) is 0.627. The predicted octanol–water partition coefficient (Wildman–Crippen LogP) is 5.00. The quantitative estimate of drug-likeness (QED) is 0.718. The molecule has 3 aromatic rings. The lowest BCUT2D eigenvalue weighted by molar-refractivity contribution is -0.136. The number of fused-ring (bicyclic) bond motifs is 1. The lowest BCUT2D eigenvalue weighted by Gasteiger charge is -2.13. The van der Waals surface area contributed by atoms with Crippen LogP contribution in [0.5, 0.6) is 0 Å². The molecule has 0 aliphatic carbocycles. The Morgan fingerprint density at radius 2 is 1.62 bits per heavy atom. The summed E-state index contributed by atoms with van der Waals surface area (Å²) >= 11 is 0. The number of pyridine rings is 1. The van der Waals surface area contributed by atoms with E-state index in [2.05, 4.69) is 10.3 Å². The third kappa shape index (κ3) is 2.67. The van der Waals surface area contributed by atoms with Crippen molar-refractivity contribution >= 4 is 22.3 Å². The van der Waals surface area contributed by atoms with Gasteiger partial charge < -0.3 is 5.32 Å². The lowest BCUT2D eigenvalue weighted by Crippen LogP contribution is -2.06. The molecule has 5 heteroatoms. The van der Waals surface area contributed by atoms with Gasteiger partial charge in [-0.25, -0.2) is 0 Å². The first-order valence-electron chi connectivity index (χ1n) is 6.33. The zero-order chi connectivity index (χ0) is 14.9. The molecule has 0 atom stereocenters. The maximum absolute atomic E-state index is 13.0. The highest BCUT2D eigenvalue weighted by atomic mass is 19.4. The monoisotopic (exact) mass is 288 g/mol. The normalized spacial score (nSPS) is 11.6. The van der Waals surface area contributed by atoms with Gasteiger partial charge in [-0.1, -0.05) is 30.3 Å². The van der Waals surface area contributed by atoms with Crippen molar-refractivity contribution in [2.75, 3.05) is 5.32 Å². The number of anilines is 2. The summed E-state index contributed by atoms with van der Waals surface area (Å²) in [5.74, 6) is 0. The van der Waals surface area contributed by atoms with Crippen LogP contribution in [0.2, 0.25) is 0 Å². The molecule has 2 nitrogen and oxygen atoms in total. The Kier molecular flexibility index (Phi) is 3.25. The van der Waals surface area contributed by atoms with Gasteiger partial charge in [-0.05, 0) is 24.3 Å². The molecule has 3 rings (SSSR count). The first-order chi connectivity index (χ1) is 10.1. The Morgan fingerprint density at radius 3 is 2.33 bits per heavy atom. The van der Waals surface area contributed by atoms with Crippen LogP contribution in [-0.2, 0) is 6.18 Å². The Morgan fingerprint density at radius 1 is 0.857 bits per heavy atom. The second-order valence-electron chi connectivity index (χ2n) is 4.55. The van der Waals surface area contributed by atoms with Crippen molar-refractivity contribution in [3.05, 3.63) is 66.4 Å². The minimum atomic E-state index is -4.42. The Bertz CT molecular complexity index is 767. The van der Waals surface area contributed by atoms with E-state index in [-0.39, 0.29) is 5.52 Å². The summed E-state index contributed by atoms with van der Waals surface area (Å²) in [5, 5.41) is 3.56. The van der Waals surface area contributed by atoms with Crippen LogP contribution in [0, 0.1) is 0 Å². The fourth-order valence-corrected chi connectivity index (χ4v) is 2.19. The molecule has 0 unspecified atom stereocenters. The highest BCUT2D eigenvalue weighted by Gasteiger charge is 2.33. The number of para-hydroxylation sites is 2. The van der Waals surface area contributed by atoms with Crippen LogP contribution in [0.1, 0.15) is 5.56 Å². The molecule has 0 spiro atoms. The van der Waals surface area contributed by atoms with Gasteiger partial charge in [0.1, 0.15) is 0 Å². The number of nitrogens with zero attached hydrogens (tertiary/aromatic N) is 1. The van der Waals surface area contributed by atoms with Crippen molar-refractivity contribution in [1.82, 2.24) is 4.98 Å². The highest BCUT2D eigenvalue weighted by molar-refractivity contribution is 5.94. The lowest BCUT2D eigenvalue weighted by atomic mass is 10.1. The fraction of sp³-hybridized carbons (Fsp3) is 0.0625. The van der Waals surface area contributed by atoms with Crippen molar-refractivity contribution in [2.45, 2.75) is 6.18 Å². The molecule has 0 fully saturated rings. The molecular weight excluding hydrogens is 277 g/mol. The predicted molar refractivity (Wildman–Crippen MR) is 76.5 cm³/mol. The fourth-order valence-electron chi connectivity index (χ4n) is 2.19. The van der Waals surface area contributed by atoms with Crippen molar-refractivity contribution < 1.29 is 13.2 Å². The number of hydrogen-bond donors (Lipinski definition) is 1. The second kappa shape index (κ2) is 5.09. The molecule has 0 saturated heterocycles. The van der Waals surface area contributed by atoms with Gasteiger partial charge in [-0.2, -0.15) is 13.2 Å². The Hall–Kier alpha value is -2.56. The third-order valence-corrected chi connectivity index (χ3v) is 3.13. The van der Waals surface area contributed by atoms with Crippen LogP contribution in [0.4, 0.5) is 24.5 Å². The molecule has 106 valence electrons. The highest BCUT2D eigenvalue weighted by Crippen LogP contribution is 2.36. The SMILES string of the molecule is FC(F)(F)c1cccc2c(Nc3ccccc3)ccnc12. The molecular formula is C16H11F3N2. The molecule has 0 amide bonds. The smallest absolute Gasteiger partial charge is 0.355 e. The summed E-state index contributed by atoms with van der Waals surface area (Å²) in [6.45, 7) is 0. The van der Waals surface area contributed by atoms with Gasteiger partial charge in [0.05, 0.1) is 11.1 Å². The summed E-state index contributed by atoms with van der Waals surface area (Å²) in [6, 6.07) is 15.0. The average molecular weight is 288 g/mol. The zero-order valence-electron chi connectivity index (χ0n) is 10.9. The van der Waals surface area contributed by atoms with E-state index in [1.54, 1.807) is 12.1 Å². The average Bonchev–Trinajstić information content (AvgIpc) is 2.47. The first-order valence-corrected chi connectivity index (χ1v) is 6.33. The van der Waals surface area contributed by atoms with E-state index in [4.69, 9.17) is 0 Å². The topological polar surface area (TPSA) is 24.9 Å². The minimum absolute atomic E-state index is 0.0501. The molecule has 0 radical (unpaired) electrons. The van der Waals surface area contributed by atoms with E-state index in [1.807, 2.05) is 30.3 Å². The molecule has 0 saturated carbocycles. The van der Waals surface area contributed by atoms with Gasteiger partial charge in [0.15, 0.2) is 0 Å². The van der Waals surface area contributed by atoms with Crippen LogP contribution >= 0.6 is 0 Å². The molecule has 0 aliphatic heterocycles. The van der Waals surface area contributed by atoms with E-state index < -0.39 is 11.7 Å². The van der Waals surface area contributed by atoms with Crippen molar-refractivity contribution in [2.24, 2.45) is 0 Å². The molecule has 1 heterocycles. The maximum atomic E-state index is 13.0. The van der Waals surface area contributed by atoms with Crippen LogP contribution in [0.15, 0.2) is 60.8 Å². The Labute approximate surface area is 119 Å². The summed E-state index contributed by atoms with van der Waals surface area (Å²) < 4.78 is 39.0. The van der Waals surface area contributed by atoms with Gasteiger partial charge >= 0.3 is 6.18 Å². The first kappa shape index (κ1) is 13.4. The number of benzene rings is 2. The number of halogens is 3. The molecule has 0 bridgehead atoms. The summed E-state index contributed by atoms with van der Waals surface area (Å²) in [6.07, 6.45) is -3.04. The standard InChI is InChI=1S/C16H11F3N2/c17-16(18,19)13-8-4-7-12-14(9-10-20-15(12)13)21-11-5-2-1-3-6-11/h1-10H,(H,20,21). The van der Waals surface area contributed by atoms with Crippen LogP contribution in [0.3, 0.4) is 0 Å². The zero-order valence-corrected chi connectivity index (χ0v) is 10.9. The summed E-state index contributed by atoms with van der Waals surface area (Å²) in [7, 11) is 0. The second-order valence-corrected chi connectivity index (χ2v) is 4.55. The summed E-state index contributed by atoms with van der Waals surface area (Å²) in [4.78, 5) is 3.89. The number of nitrogens with one attached hydrogen (secondary N) is 1. The van der Waals surface area contributed by atoms with Gasteiger partial charge in [-0.15, -0.1) is 0 Å². The van der Waals surface area contributed by atoms with Crippen molar-refractivity contribution in [3.8, 4) is 0 Å². The largest absolute Gasteiger partial charge is 0.418 e. The van der Waals surface area contributed by atoms with Crippen molar-refractivity contribution in [1.29, 1.82) is 0 Å². The van der Waals surface area contributed by atoms with E-state index in [0.29, 0.717) is 11.1 Å². The number of rotatable bonds is 2. The third-order valence-electron chi connectivity index (χ3n) is 3.13. The molecule has 1 N–H and O–H groups in total. The molecule has 2 aromatic carbocycles.